The number of hydrogen-bond acceptors (Lipinski definition) is 2. The fourth-order valence-corrected chi connectivity index (χ4v) is 6.53. The molecule has 106 valence electrons. The van der Waals surface area contributed by atoms with Gasteiger partial charge in [-0.05, 0) is 42.5 Å². The number of hydrogen-bond donors (Lipinski definition) is 1. The van der Waals surface area contributed by atoms with Gasteiger partial charge >= 0.3 is 0 Å². The summed E-state index contributed by atoms with van der Waals surface area (Å²) in [6.07, 6.45) is 0. The molecule has 2 aromatic rings. The van der Waals surface area contributed by atoms with E-state index in [4.69, 9.17) is 0 Å². The second kappa shape index (κ2) is 6.06. The summed E-state index contributed by atoms with van der Waals surface area (Å²) < 4.78 is 0. The molecule has 0 aliphatic carbocycles. The monoisotopic (exact) mass is 302 g/mol. The normalized spacial score (nSPS) is 11.6. The minimum absolute atomic E-state index is 0.395. The fourth-order valence-electron chi connectivity index (χ4n) is 2.16. The molecule has 2 aromatic carbocycles. The third kappa shape index (κ3) is 3.47. The van der Waals surface area contributed by atoms with Crippen molar-refractivity contribution in [2.75, 3.05) is 5.38 Å². The first kappa shape index (κ1) is 15.2. The molecule has 0 saturated heterocycles. The number of phenols is 1. The van der Waals surface area contributed by atoms with Crippen LogP contribution >= 0.6 is 11.8 Å². The highest BCUT2D eigenvalue weighted by molar-refractivity contribution is 8.01. The van der Waals surface area contributed by atoms with Gasteiger partial charge in [0, 0.05) is 4.90 Å². The van der Waals surface area contributed by atoms with Gasteiger partial charge in [0.05, 0.1) is 8.07 Å². The minimum Gasteiger partial charge on any atom is -0.508 e. The van der Waals surface area contributed by atoms with Crippen LogP contribution in [0.1, 0.15) is 11.1 Å². The van der Waals surface area contributed by atoms with Crippen LogP contribution in [0.15, 0.2) is 47.4 Å². The molecule has 0 spiro atoms. The van der Waals surface area contributed by atoms with E-state index in [2.05, 4.69) is 56.4 Å². The quantitative estimate of drug-likeness (QED) is 0.673. The Morgan fingerprint density at radius 2 is 1.65 bits per heavy atom. The first-order chi connectivity index (χ1) is 9.40. The number of phenolic OH excluding ortho intramolecular Hbond substituents is 1. The highest BCUT2D eigenvalue weighted by Gasteiger charge is 2.23. The minimum atomic E-state index is -1.42. The first-order valence-corrected chi connectivity index (χ1v) is 11.1. The first-order valence-electron chi connectivity index (χ1n) is 6.89. The van der Waals surface area contributed by atoms with E-state index >= 15 is 0 Å². The number of rotatable bonds is 4. The van der Waals surface area contributed by atoms with Gasteiger partial charge in [0.1, 0.15) is 5.75 Å². The van der Waals surface area contributed by atoms with Gasteiger partial charge in [0.15, 0.2) is 0 Å². The van der Waals surface area contributed by atoms with Crippen molar-refractivity contribution in [1.29, 1.82) is 0 Å². The molecule has 0 aliphatic heterocycles. The van der Waals surface area contributed by atoms with Gasteiger partial charge in [-0.1, -0.05) is 48.6 Å². The predicted molar refractivity (Wildman–Crippen MR) is 91.9 cm³/mol. The van der Waals surface area contributed by atoms with Gasteiger partial charge in [-0.2, -0.15) is 0 Å². The van der Waals surface area contributed by atoms with Crippen LogP contribution in [-0.2, 0) is 0 Å². The topological polar surface area (TPSA) is 20.2 Å². The van der Waals surface area contributed by atoms with E-state index in [9.17, 15) is 5.11 Å². The standard InChI is InChI=1S/C17H22OSSi/c1-13-11-17(14(2)10-16(13)18)19-12-20(3,4)15-8-6-5-7-9-15/h5-11,18H,12H2,1-4H3. The lowest BCUT2D eigenvalue weighted by molar-refractivity contribution is 0.470. The Balaban J connectivity index is 2.14. The maximum atomic E-state index is 9.73. The zero-order chi connectivity index (χ0) is 14.8. The largest absolute Gasteiger partial charge is 0.508 e. The lowest BCUT2D eigenvalue weighted by Gasteiger charge is -2.23. The van der Waals surface area contributed by atoms with Crippen LogP contribution in [0.4, 0.5) is 0 Å². The van der Waals surface area contributed by atoms with Crippen molar-refractivity contribution >= 4 is 25.0 Å². The van der Waals surface area contributed by atoms with Crippen LogP contribution in [-0.4, -0.2) is 18.6 Å². The van der Waals surface area contributed by atoms with E-state index in [0.29, 0.717) is 5.75 Å². The van der Waals surface area contributed by atoms with Crippen molar-refractivity contribution in [3.8, 4) is 5.75 Å². The van der Waals surface area contributed by atoms with Gasteiger partial charge < -0.3 is 5.11 Å². The molecular weight excluding hydrogens is 280 g/mol. The average Bonchev–Trinajstić information content (AvgIpc) is 2.42. The van der Waals surface area contributed by atoms with Gasteiger partial charge in [-0.3, -0.25) is 0 Å². The third-order valence-corrected chi connectivity index (χ3v) is 9.75. The van der Waals surface area contributed by atoms with Crippen molar-refractivity contribution in [3.05, 3.63) is 53.6 Å². The Kier molecular flexibility index (Phi) is 4.61. The molecule has 0 fully saturated rings. The van der Waals surface area contributed by atoms with E-state index in [1.165, 1.54) is 10.1 Å². The summed E-state index contributed by atoms with van der Waals surface area (Å²) in [7, 11) is -1.42. The second-order valence-corrected chi connectivity index (χ2v) is 12.2. The fraction of sp³-hybridized carbons (Fsp3) is 0.294. The van der Waals surface area contributed by atoms with E-state index in [1.807, 2.05) is 24.8 Å². The molecular formula is C17H22OSSi. The molecule has 1 N–H and O–H groups in total. The number of aromatic hydroxyl groups is 1. The van der Waals surface area contributed by atoms with Crippen LogP contribution in [0.2, 0.25) is 13.1 Å². The third-order valence-electron chi connectivity index (χ3n) is 3.64. The summed E-state index contributed by atoms with van der Waals surface area (Å²) in [5, 5.41) is 12.4. The highest BCUT2D eigenvalue weighted by atomic mass is 32.2. The van der Waals surface area contributed by atoms with Crippen molar-refractivity contribution in [2.24, 2.45) is 0 Å². The Labute approximate surface area is 127 Å². The molecule has 2 rings (SSSR count). The van der Waals surface area contributed by atoms with E-state index in [-0.39, 0.29) is 0 Å². The van der Waals surface area contributed by atoms with Gasteiger partial charge in [-0.15, -0.1) is 11.8 Å². The summed E-state index contributed by atoms with van der Waals surface area (Å²) in [4.78, 5) is 1.29. The summed E-state index contributed by atoms with van der Waals surface area (Å²) in [5.41, 5.74) is 2.12. The zero-order valence-electron chi connectivity index (χ0n) is 12.6. The number of benzene rings is 2. The molecule has 0 saturated carbocycles. The Bertz CT molecular complexity index is 593. The van der Waals surface area contributed by atoms with E-state index < -0.39 is 8.07 Å². The van der Waals surface area contributed by atoms with E-state index in [0.717, 1.165) is 16.5 Å². The van der Waals surface area contributed by atoms with Crippen molar-refractivity contribution < 1.29 is 5.11 Å². The second-order valence-electron chi connectivity index (χ2n) is 5.94. The molecule has 0 aliphatic rings. The molecule has 0 radical (unpaired) electrons. The highest BCUT2D eigenvalue weighted by Crippen LogP contribution is 2.30. The molecule has 0 atom stereocenters. The average molecular weight is 303 g/mol. The van der Waals surface area contributed by atoms with Crippen molar-refractivity contribution in [2.45, 2.75) is 31.8 Å². The number of aryl methyl sites for hydroxylation is 2. The molecule has 0 amide bonds. The summed E-state index contributed by atoms with van der Waals surface area (Å²) in [6, 6.07) is 14.8. The van der Waals surface area contributed by atoms with Gasteiger partial charge in [-0.25, -0.2) is 0 Å². The predicted octanol–water partition coefficient (Wildman–Crippen LogP) is 4.26. The van der Waals surface area contributed by atoms with Crippen molar-refractivity contribution in [3.63, 3.8) is 0 Å². The summed E-state index contributed by atoms with van der Waals surface area (Å²) in [6.45, 7) is 8.85. The number of thioether (sulfide) groups is 1. The van der Waals surface area contributed by atoms with Crippen LogP contribution in [0, 0.1) is 13.8 Å². The maximum absolute atomic E-state index is 9.73. The van der Waals surface area contributed by atoms with Crippen LogP contribution in [0.25, 0.3) is 0 Å². The van der Waals surface area contributed by atoms with Gasteiger partial charge in [0.2, 0.25) is 0 Å². The molecule has 0 aromatic heterocycles. The van der Waals surface area contributed by atoms with Crippen LogP contribution < -0.4 is 5.19 Å². The lowest BCUT2D eigenvalue weighted by atomic mass is 10.1. The summed E-state index contributed by atoms with van der Waals surface area (Å²) >= 11 is 1.92. The lowest BCUT2D eigenvalue weighted by Crippen LogP contribution is -2.44. The Morgan fingerprint density at radius 1 is 1.00 bits per heavy atom. The van der Waals surface area contributed by atoms with Gasteiger partial charge in [0.25, 0.3) is 0 Å². The maximum Gasteiger partial charge on any atom is 0.118 e. The molecule has 0 unspecified atom stereocenters. The zero-order valence-corrected chi connectivity index (χ0v) is 14.4. The SMILES string of the molecule is Cc1cc(SC[Si](C)(C)c2ccccc2)c(C)cc1O. The Hall–Kier alpha value is -1.19. The molecule has 20 heavy (non-hydrogen) atoms. The Morgan fingerprint density at radius 3 is 2.30 bits per heavy atom. The van der Waals surface area contributed by atoms with E-state index in [1.54, 1.807) is 0 Å². The molecule has 1 nitrogen and oxygen atoms in total. The van der Waals surface area contributed by atoms with Crippen LogP contribution in [0.5, 0.6) is 5.75 Å². The van der Waals surface area contributed by atoms with Crippen LogP contribution in [0.3, 0.4) is 0 Å². The molecule has 0 bridgehead atoms. The smallest absolute Gasteiger partial charge is 0.118 e. The summed E-state index contributed by atoms with van der Waals surface area (Å²) in [5.74, 6) is 0.395. The molecule has 0 heterocycles. The van der Waals surface area contributed by atoms with Crippen molar-refractivity contribution in [1.82, 2.24) is 0 Å². The molecule has 3 heteroatoms.